The molecule has 3 aromatic rings. The summed E-state index contributed by atoms with van der Waals surface area (Å²) in [7, 11) is -1.66. The average molecular weight is 568 g/mol. The number of furan rings is 1. The summed E-state index contributed by atoms with van der Waals surface area (Å²) in [5, 5.41) is 7.65. The predicted molar refractivity (Wildman–Crippen MR) is 138 cm³/mol. The van der Waals surface area contributed by atoms with Gasteiger partial charge >= 0.3 is 0 Å². The van der Waals surface area contributed by atoms with Gasteiger partial charge in [-0.05, 0) is 43.5 Å². The maximum Gasteiger partial charge on any atom is 0.243 e. The summed E-state index contributed by atoms with van der Waals surface area (Å²) in [6.45, 7) is 4.32. The molecule has 0 aliphatic carbocycles. The number of halogens is 1. The number of sulfonamides is 1. The Labute approximate surface area is 206 Å². The second-order valence-electron chi connectivity index (χ2n) is 7.68. The first-order valence-electron chi connectivity index (χ1n) is 10.5. The number of aryl methyl sites for hydroxylation is 1. The number of nitrogens with one attached hydrogen (secondary N) is 2. The molecule has 1 aliphatic rings. The SMILES string of the molecule is CN=C(NCc1ccc(S(=O)(=O)N2CCCC2)cc1)NCc1oc2ccccc2c1C.I. The van der Waals surface area contributed by atoms with Crippen LogP contribution >= 0.6 is 24.0 Å². The third kappa shape index (κ3) is 5.26. The van der Waals surface area contributed by atoms with Gasteiger partial charge in [-0.15, -0.1) is 24.0 Å². The molecule has 4 rings (SSSR count). The highest BCUT2D eigenvalue weighted by Crippen LogP contribution is 2.24. The summed E-state index contributed by atoms with van der Waals surface area (Å²) in [6.07, 6.45) is 1.86. The molecule has 2 N–H and O–H groups in total. The van der Waals surface area contributed by atoms with Gasteiger partial charge in [0.1, 0.15) is 11.3 Å². The van der Waals surface area contributed by atoms with Crippen LogP contribution in [0.15, 0.2) is 62.8 Å². The van der Waals surface area contributed by atoms with Crippen LogP contribution in [0.2, 0.25) is 0 Å². The van der Waals surface area contributed by atoms with E-state index in [0.717, 1.165) is 40.7 Å². The molecule has 2 aromatic carbocycles. The quantitative estimate of drug-likeness (QED) is 0.267. The van der Waals surface area contributed by atoms with E-state index in [2.05, 4.69) is 28.6 Å². The fraction of sp³-hybridized carbons (Fsp3) is 0.348. The molecule has 172 valence electrons. The highest BCUT2D eigenvalue weighted by Gasteiger charge is 2.26. The Bertz CT molecular complexity index is 1180. The number of guanidine groups is 1. The first-order chi connectivity index (χ1) is 15.0. The molecule has 1 aromatic heterocycles. The molecule has 9 heteroatoms. The van der Waals surface area contributed by atoms with Gasteiger partial charge in [0.05, 0.1) is 11.4 Å². The van der Waals surface area contributed by atoms with Crippen LogP contribution in [0.4, 0.5) is 0 Å². The van der Waals surface area contributed by atoms with E-state index in [-0.39, 0.29) is 24.0 Å². The highest BCUT2D eigenvalue weighted by atomic mass is 127. The van der Waals surface area contributed by atoms with Crippen LogP contribution in [0, 0.1) is 6.92 Å². The Morgan fingerprint density at radius 2 is 1.69 bits per heavy atom. The van der Waals surface area contributed by atoms with E-state index in [9.17, 15) is 8.42 Å². The monoisotopic (exact) mass is 568 g/mol. The van der Waals surface area contributed by atoms with Crippen molar-refractivity contribution in [2.75, 3.05) is 20.1 Å². The molecule has 0 atom stereocenters. The largest absolute Gasteiger partial charge is 0.459 e. The molecular formula is C23H29IN4O3S. The number of hydrogen-bond donors (Lipinski definition) is 2. The third-order valence-electron chi connectivity index (χ3n) is 5.67. The standard InChI is InChI=1S/C23H28N4O3S.HI/c1-17-20-7-3-4-8-21(20)30-22(17)16-26-23(24-2)25-15-18-9-11-19(12-10-18)31(28,29)27-13-5-6-14-27;/h3-4,7-12H,5-6,13-16H2,1-2H3,(H2,24,25,26);1H. The summed E-state index contributed by atoms with van der Waals surface area (Å²) in [5.74, 6) is 1.52. The molecule has 1 saturated heterocycles. The lowest BCUT2D eigenvalue weighted by Crippen LogP contribution is -2.36. The number of rotatable bonds is 6. The third-order valence-corrected chi connectivity index (χ3v) is 7.58. The zero-order chi connectivity index (χ0) is 21.8. The smallest absolute Gasteiger partial charge is 0.243 e. The molecule has 0 bridgehead atoms. The molecular weight excluding hydrogens is 539 g/mol. The lowest BCUT2D eigenvalue weighted by atomic mass is 10.1. The Kier molecular flexibility index (Phi) is 8.18. The van der Waals surface area contributed by atoms with Gasteiger partial charge in [0.2, 0.25) is 10.0 Å². The number of para-hydroxylation sites is 1. The first kappa shape index (κ1) is 24.5. The van der Waals surface area contributed by atoms with E-state index >= 15 is 0 Å². The lowest BCUT2D eigenvalue weighted by Gasteiger charge is -2.16. The van der Waals surface area contributed by atoms with Gasteiger partial charge in [-0.25, -0.2) is 8.42 Å². The van der Waals surface area contributed by atoms with E-state index in [0.29, 0.717) is 37.0 Å². The van der Waals surface area contributed by atoms with Crippen LogP contribution in [0.25, 0.3) is 11.0 Å². The fourth-order valence-electron chi connectivity index (χ4n) is 3.82. The van der Waals surface area contributed by atoms with E-state index < -0.39 is 10.0 Å². The van der Waals surface area contributed by atoms with Crippen molar-refractivity contribution in [2.45, 2.75) is 37.8 Å². The molecule has 0 amide bonds. The maximum atomic E-state index is 12.6. The van der Waals surface area contributed by atoms with Crippen LogP contribution in [-0.2, 0) is 23.1 Å². The normalized spacial score (nSPS) is 15.0. The second kappa shape index (κ2) is 10.7. The number of aliphatic imine (C=N–C) groups is 1. The molecule has 0 spiro atoms. The van der Waals surface area contributed by atoms with Crippen molar-refractivity contribution in [3.8, 4) is 0 Å². The van der Waals surface area contributed by atoms with E-state index in [1.807, 2.05) is 30.3 Å². The van der Waals surface area contributed by atoms with E-state index in [1.165, 1.54) is 0 Å². The topological polar surface area (TPSA) is 86.9 Å². The maximum absolute atomic E-state index is 12.6. The summed E-state index contributed by atoms with van der Waals surface area (Å²) >= 11 is 0. The Morgan fingerprint density at radius 3 is 2.34 bits per heavy atom. The molecule has 0 saturated carbocycles. The van der Waals surface area contributed by atoms with Gasteiger partial charge in [0, 0.05) is 37.6 Å². The summed E-state index contributed by atoms with van der Waals surface area (Å²) in [6, 6.07) is 15.0. The molecule has 32 heavy (non-hydrogen) atoms. The zero-order valence-electron chi connectivity index (χ0n) is 18.3. The Hall–Kier alpha value is -2.11. The van der Waals surface area contributed by atoms with E-state index in [1.54, 1.807) is 23.5 Å². The van der Waals surface area contributed by atoms with Crippen LogP contribution in [0.3, 0.4) is 0 Å². The van der Waals surface area contributed by atoms with Crippen molar-refractivity contribution in [1.29, 1.82) is 0 Å². The molecule has 7 nitrogen and oxygen atoms in total. The fourth-order valence-corrected chi connectivity index (χ4v) is 5.34. The average Bonchev–Trinajstić information content (AvgIpc) is 3.44. The van der Waals surface area contributed by atoms with Gasteiger partial charge in [0.25, 0.3) is 0 Å². The number of benzene rings is 2. The minimum atomic E-state index is -3.38. The molecule has 1 fully saturated rings. The van der Waals surface area contributed by atoms with Crippen molar-refractivity contribution in [2.24, 2.45) is 4.99 Å². The van der Waals surface area contributed by atoms with Gasteiger partial charge in [0.15, 0.2) is 5.96 Å². The number of fused-ring (bicyclic) bond motifs is 1. The van der Waals surface area contributed by atoms with Crippen molar-refractivity contribution >= 4 is 50.9 Å². The van der Waals surface area contributed by atoms with E-state index in [4.69, 9.17) is 4.42 Å². The predicted octanol–water partition coefficient (Wildman–Crippen LogP) is 4.01. The van der Waals surface area contributed by atoms with Crippen molar-refractivity contribution in [3.63, 3.8) is 0 Å². The highest BCUT2D eigenvalue weighted by molar-refractivity contribution is 14.0. The van der Waals surface area contributed by atoms with Crippen LogP contribution in [-0.4, -0.2) is 38.8 Å². The summed E-state index contributed by atoms with van der Waals surface area (Å²) in [4.78, 5) is 4.61. The van der Waals surface area contributed by atoms with Crippen molar-refractivity contribution in [1.82, 2.24) is 14.9 Å². The number of nitrogens with zero attached hydrogens (tertiary/aromatic N) is 2. The minimum absolute atomic E-state index is 0. The van der Waals surface area contributed by atoms with Crippen molar-refractivity contribution in [3.05, 3.63) is 65.4 Å². The second-order valence-corrected chi connectivity index (χ2v) is 9.62. The van der Waals surface area contributed by atoms with Gasteiger partial charge < -0.3 is 15.1 Å². The van der Waals surface area contributed by atoms with Crippen LogP contribution < -0.4 is 10.6 Å². The molecule has 1 aliphatic heterocycles. The Morgan fingerprint density at radius 1 is 1.03 bits per heavy atom. The van der Waals surface area contributed by atoms with Crippen molar-refractivity contribution < 1.29 is 12.8 Å². The van der Waals surface area contributed by atoms with Crippen LogP contribution in [0.1, 0.15) is 29.7 Å². The molecule has 0 radical (unpaired) electrons. The van der Waals surface area contributed by atoms with Crippen LogP contribution in [0.5, 0.6) is 0 Å². The zero-order valence-corrected chi connectivity index (χ0v) is 21.4. The van der Waals surface area contributed by atoms with Gasteiger partial charge in [-0.1, -0.05) is 30.3 Å². The van der Waals surface area contributed by atoms with Gasteiger partial charge in [-0.2, -0.15) is 4.31 Å². The first-order valence-corrected chi connectivity index (χ1v) is 11.9. The molecule has 0 unspecified atom stereocenters. The Balaban J connectivity index is 0.00000289. The molecule has 2 heterocycles. The minimum Gasteiger partial charge on any atom is -0.459 e. The summed E-state index contributed by atoms with van der Waals surface area (Å²) in [5.41, 5.74) is 2.97. The number of hydrogen-bond acceptors (Lipinski definition) is 4. The van der Waals surface area contributed by atoms with Gasteiger partial charge in [-0.3, -0.25) is 4.99 Å². The summed E-state index contributed by atoms with van der Waals surface area (Å²) < 4.78 is 32.8. The lowest BCUT2D eigenvalue weighted by molar-refractivity contribution is 0.477.